The van der Waals surface area contributed by atoms with Crippen LogP contribution in [-0.2, 0) is 17.2 Å². The molecule has 0 heterocycles. The Morgan fingerprint density at radius 2 is 1.45 bits per heavy atom. The van der Waals surface area contributed by atoms with Crippen molar-refractivity contribution in [1.29, 1.82) is 0 Å². The third-order valence-electron chi connectivity index (χ3n) is 2.51. The minimum atomic E-state index is -4.85. The van der Waals surface area contributed by atoms with Gasteiger partial charge in [0.2, 0.25) is 0 Å². The molecule has 0 radical (unpaired) electrons. The Balaban J connectivity index is 3.24. The lowest BCUT2D eigenvalue weighted by Gasteiger charge is -2.18. The lowest BCUT2D eigenvalue weighted by molar-refractivity contribution is -0.143. The summed E-state index contributed by atoms with van der Waals surface area (Å²) in [4.78, 5) is 4.79. The maximum Gasteiger partial charge on any atom is 0.416 e. The fourth-order valence-electron chi connectivity index (χ4n) is 1.51. The summed E-state index contributed by atoms with van der Waals surface area (Å²) in [6.07, 6.45) is -9.69. The molecule has 0 bridgehead atoms. The van der Waals surface area contributed by atoms with Crippen LogP contribution in [0.15, 0.2) is 18.2 Å². The van der Waals surface area contributed by atoms with Gasteiger partial charge in [-0.15, -0.1) is 0 Å². The zero-order valence-corrected chi connectivity index (χ0v) is 10.7. The Morgan fingerprint density at radius 1 is 1.00 bits per heavy atom. The summed E-state index contributed by atoms with van der Waals surface area (Å²) in [7, 11) is 0. The Labute approximate surface area is 111 Å². The fraction of sp³-hybridized carbons (Fsp3) is 0.500. The first-order valence-electron chi connectivity index (χ1n) is 5.72. The fourth-order valence-corrected chi connectivity index (χ4v) is 1.51. The van der Waals surface area contributed by atoms with Gasteiger partial charge >= 0.3 is 12.4 Å². The molecule has 1 unspecified atom stereocenters. The summed E-state index contributed by atoms with van der Waals surface area (Å²) in [5, 5.41) is 0. The van der Waals surface area contributed by atoms with Gasteiger partial charge in [0.05, 0.1) is 23.8 Å². The second-order valence-electron chi connectivity index (χ2n) is 4.11. The van der Waals surface area contributed by atoms with Gasteiger partial charge in [-0.3, -0.25) is 0 Å². The standard InChI is InChI=1S/C12H13F6NO/c1-3-20-19-7(2)8-4-9(11(13,14)15)6-10(5-8)12(16,17)18/h4-7,19H,3H2,1-2H3. The smallest absolute Gasteiger partial charge is 0.302 e. The van der Waals surface area contributed by atoms with Crippen LogP contribution in [0.4, 0.5) is 26.3 Å². The summed E-state index contributed by atoms with van der Waals surface area (Å²) in [6, 6.07) is 0.632. The number of benzene rings is 1. The molecule has 2 nitrogen and oxygen atoms in total. The Hall–Kier alpha value is -1.28. The first kappa shape index (κ1) is 16.8. The molecule has 0 aliphatic heterocycles. The van der Waals surface area contributed by atoms with Crippen molar-refractivity contribution in [3.8, 4) is 0 Å². The normalized spacial score (nSPS) is 14.4. The van der Waals surface area contributed by atoms with Gasteiger partial charge in [-0.1, -0.05) is 0 Å². The second kappa shape index (κ2) is 6.01. The molecular weight excluding hydrogens is 288 g/mol. The summed E-state index contributed by atoms with van der Waals surface area (Å²) >= 11 is 0. The largest absolute Gasteiger partial charge is 0.416 e. The van der Waals surface area contributed by atoms with Crippen LogP contribution in [0.3, 0.4) is 0 Å². The summed E-state index contributed by atoms with van der Waals surface area (Å²) in [5.74, 6) is 0. The molecule has 0 aliphatic rings. The highest BCUT2D eigenvalue weighted by Gasteiger charge is 2.37. The van der Waals surface area contributed by atoms with E-state index in [1.807, 2.05) is 0 Å². The molecule has 0 amide bonds. The quantitative estimate of drug-likeness (QED) is 0.660. The van der Waals surface area contributed by atoms with Crippen LogP contribution in [0, 0.1) is 0 Å². The van der Waals surface area contributed by atoms with Crippen LogP contribution in [0.5, 0.6) is 0 Å². The highest BCUT2D eigenvalue weighted by molar-refractivity contribution is 5.35. The average molecular weight is 301 g/mol. The number of hydrogen-bond acceptors (Lipinski definition) is 2. The first-order valence-corrected chi connectivity index (χ1v) is 5.72. The second-order valence-corrected chi connectivity index (χ2v) is 4.11. The van der Waals surface area contributed by atoms with Gasteiger partial charge in [-0.25, -0.2) is 0 Å². The highest BCUT2D eigenvalue weighted by atomic mass is 19.4. The van der Waals surface area contributed by atoms with Crippen molar-refractivity contribution in [2.24, 2.45) is 0 Å². The first-order chi connectivity index (χ1) is 9.05. The summed E-state index contributed by atoms with van der Waals surface area (Å²) < 4.78 is 75.8. The van der Waals surface area contributed by atoms with Gasteiger partial charge in [0, 0.05) is 0 Å². The molecule has 0 saturated heterocycles. The molecule has 114 valence electrons. The van der Waals surface area contributed by atoms with Crippen molar-refractivity contribution in [3.05, 3.63) is 34.9 Å². The van der Waals surface area contributed by atoms with Crippen LogP contribution < -0.4 is 5.48 Å². The molecule has 0 fully saturated rings. The zero-order chi connectivity index (χ0) is 15.6. The van der Waals surface area contributed by atoms with E-state index in [2.05, 4.69) is 5.48 Å². The van der Waals surface area contributed by atoms with Crippen LogP contribution in [0.1, 0.15) is 36.6 Å². The maximum atomic E-state index is 12.6. The minimum absolute atomic E-state index is 0.0941. The van der Waals surface area contributed by atoms with Crippen LogP contribution in [0.25, 0.3) is 0 Å². The van der Waals surface area contributed by atoms with Gasteiger partial charge in [0.25, 0.3) is 0 Å². The van der Waals surface area contributed by atoms with Crippen LogP contribution >= 0.6 is 0 Å². The van der Waals surface area contributed by atoms with E-state index in [9.17, 15) is 26.3 Å². The zero-order valence-electron chi connectivity index (χ0n) is 10.7. The van der Waals surface area contributed by atoms with Gasteiger partial charge in [-0.2, -0.15) is 31.8 Å². The SMILES string of the molecule is CCONC(C)c1cc(C(F)(F)F)cc(C(F)(F)F)c1. The maximum absolute atomic E-state index is 12.6. The number of hydroxylamine groups is 1. The number of rotatable bonds is 4. The molecule has 1 aromatic rings. The van der Waals surface area contributed by atoms with Crippen molar-refractivity contribution < 1.29 is 31.2 Å². The van der Waals surface area contributed by atoms with E-state index in [-0.39, 0.29) is 18.2 Å². The van der Waals surface area contributed by atoms with Crippen LogP contribution in [-0.4, -0.2) is 6.61 Å². The van der Waals surface area contributed by atoms with E-state index < -0.39 is 29.5 Å². The van der Waals surface area contributed by atoms with E-state index in [4.69, 9.17) is 4.84 Å². The number of alkyl halides is 6. The molecule has 0 aromatic heterocycles. The monoisotopic (exact) mass is 301 g/mol. The van der Waals surface area contributed by atoms with Gasteiger partial charge in [0.15, 0.2) is 0 Å². The Kier molecular flexibility index (Phi) is 5.04. The molecular formula is C12H13F6NO. The van der Waals surface area contributed by atoms with Crippen LogP contribution in [0.2, 0.25) is 0 Å². The molecule has 20 heavy (non-hydrogen) atoms. The number of halogens is 6. The van der Waals surface area contributed by atoms with Crippen molar-refractivity contribution in [3.63, 3.8) is 0 Å². The highest BCUT2D eigenvalue weighted by Crippen LogP contribution is 2.37. The van der Waals surface area contributed by atoms with Gasteiger partial charge < -0.3 is 4.84 Å². The Bertz CT molecular complexity index is 422. The average Bonchev–Trinajstić information content (AvgIpc) is 2.33. The van der Waals surface area contributed by atoms with Gasteiger partial charge in [0.1, 0.15) is 0 Å². The lowest BCUT2D eigenvalue weighted by atomic mass is 10.0. The molecule has 1 aromatic carbocycles. The Morgan fingerprint density at radius 3 is 1.80 bits per heavy atom. The number of hydrogen-bond donors (Lipinski definition) is 1. The molecule has 1 atom stereocenters. The molecule has 1 rings (SSSR count). The van der Waals surface area contributed by atoms with Gasteiger partial charge in [-0.05, 0) is 37.6 Å². The number of nitrogens with one attached hydrogen (secondary N) is 1. The molecule has 1 N–H and O–H groups in total. The van der Waals surface area contributed by atoms with Crippen molar-refractivity contribution in [2.75, 3.05) is 6.61 Å². The minimum Gasteiger partial charge on any atom is -0.302 e. The molecule has 8 heteroatoms. The van der Waals surface area contributed by atoms with E-state index in [0.29, 0.717) is 12.1 Å². The molecule has 0 saturated carbocycles. The molecule has 0 aliphatic carbocycles. The van der Waals surface area contributed by atoms with E-state index in [1.54, 1.807) is 6.92 Å². The third kappa shape index (κ3) is 4.38. The van der Waals surface area contributed by atoms with Crippen molar-refractivity contribution in [2.45, 2.75) is 32.2 Å². The van der Waals surface area contributed by atoms with Crippen molar-refractivity contribution >= 4 is 0 Å². The van der Waals surface area contributed by atoms with Crippen molar-refractivity contribution in [1.82, 2.24) is 5.48 Å². The molecule has 0 spiro atoms. The predicted molar refractivity (Wildman–Crippen MR) is 59.6 cm³/mol. The van der Waals surface area contributed by atoms with E-state index >= 15 is 0 Å². The lowest BCUT2D eigenvalue weighted by Crippen LogP contribution is -2.20. The summed E-state index contributed by atoms with van der Waals surface area (Å²) in [6.45, 7) is 3.27. The van der Waals surface area contributed by atoms with E-state index in [0.717, 1.165) is 0 Å². The third-order valence-corrected chi connectivity index (χ3v) is 2.51. The summed E-state index contributed by atoms with van der Waals surface area (Å²) in [5.41, 5.74) is -0.462. The van der Waals surface area contributed by atoms with E-state index in [1.165, 1.54) is 6.92 Å². The topological polar surface area (TPSA) is 21.3 Å². The predicted octanol–water partition coefficient (Wildman–Crippen LogP) is 4.33.